The average molecular weight is 292 g/mol. The number of amides is 2. The van der Waals surface area contributed by atoms with Crippen LogP contribution in [0.15, 0.2) is 18.2 Å². The summed E-state index contributed by atoms with van der Waals surface area (Å²) in [5, 5.41) is 5.17. The summed E-state index contributed by atoms with van der Waals surface area (Å²) < 4.78 is 4.45. The van der Waals surface area contributed by atoms with Crippen molar-refractivity contribution in [3.63, 3.8) is 0 Å². The Labute approximate surface area is 123 Å². The summed E-state index contributed by atoms with van der Waals surface area (Å²) in [5.74, 6) is -1.23. The molecule has 0 aliphatic heterocycles. The van der Waals surface area contributed by atoms with Crippen molar-refractivity contribution in [1.29, 1.82) is 0 Å². The molecular weight excluding hydrogens is 272 g/mol. The monoisotopic (exact) mass is 292 g/mol. The fourth-order valence-corrected chi connectivity index (χ4v) is 1.76. The molecular formula is C15H20N2O4. The van der Waals surface area contributed by atoms with Crippen LogP contribution in [-0.2, 0) is 19.1 Å². The highest BCUT2D eigenvalue weighted by Crippen LogP contribution is 2.16. The molecule has 0 saturated heterocycles. The highest BCUT2D eigenvalue weighted by Gasteiger charge is 2.11. The molecule has 0 unspecified atom stereocenters. The third kappa shape index (κ3) is 6.07. The Bertz CT molecular complexity index is 540. The van der Waals surface area contributed by atoms with Gasteiger partial charge < -0.3 is 15.4 Å². The number of benzene rings is 1. The summed E-state index contributed by atoms with van der Waals surface area (Å²) in [6, 6.07) is 5.64. The number of carbonyl (C=O) groups excluding carboxylic acids is 3. The predicted molar refractivity (Wildman–Crippen MR) is 78.8 cm³/mol. The van der Waals surface area contributed by atoms with Crippen LogP contribution >= 0.6 is 0 Å². The molecule has 0 aliphatic carbocycles. The first-order valence-electron chi connectivity index (χ1n) is 6.63. The van der Waals surface area contributed by atoms with E-state index in [1.54, 1.807) is 6.07 Å². The van der Waals surface area contributed by atoms with E-state index in [0.717, 1.165) is 11.1 Å². The largest absolute Gasteiger partial charge is 0.469 e. The van der Waals surface area contributed by atoms with Crippen LogP contribution in [0.25, 0.3) is 0 Å². The molecule has 1 rings (SSSR count). The van der Waals surface area contributed by atoms with Gasteiger partial charge in [0.15, 0.2) is 0 Å². The van der Waals surface area contributed by atoms with Crippen molar-refractivity contribution >= 4 is 23.5 Å². The van der Waals surface area contributed by atoms with Gasteiger partial charge in [0.05, 0.1) is 13.5 Å². The molecule has 6 nitrogen and oxygen atoms in total. The molecule has 2 N–H and O–H groups in total. The van der Waals surface area contributed by atoms with Gasteiger partial charge in [0.2, 0.25) is 11.8 Å². The summed E-state index contributed by atoms with van der Waals surface area (Å²) in [5.41, 5.74) is 2.73. The van der Waals surface area contributed by atoms with Gasteiger partial charge in [-0.15, -0.1) is 0 Å². The Morgan fingerprint density at radius 2 is 1.86 bits per heavy atom. The number of ether oxygens (including phenoxy) is 1. The van der Waals surface area contributed by atoms with Crippen molar-refractivity contribution in [2.75, 3.05) is 19.0 Å². The highest BCUT2D eigenvalue weighted by molar-refractivity contribution is 6.03. The van der Waals surface area contributed by atoms with Crippen LogP contribution in [0.1, 0.15) is 24.0 Å². The second kappa shape index (κ2) is 8.04. The lowest BCUT2D eigenvalue weighted by molar-refractivity contribution is -0.140. The molecule has 0 aromatic heterocycles. The van der Waals surface area contributed by atoms with E-state index in [9.17, 15) is 14.4 Å². The van der Waals surface area contributed by atoms with Gasteiger partial charge >= 0.3 is 5.97 Å². The van der Waals surface area contributed by atoms with Crippen LogP contribution < -0.4 is 10.6 Å². The first-order chi connectivity index (χ1) is 9.92. The number of nitrogens with one attached hydrogen (secondary N) is 2. The normalized spacial score (nSPS) is 9.86. The first kappa shape index (κ1) is 16.7. The van der Waals surface area contributed by atoms with Gasteiger partial charge in [-0.3, -0.25) is 14.4 Å². The number of aryl methyl sites for hydroxylation is 2. The first-order valence-corrected chi connectivity index (χ1v) is 6.63. The molecule has 0 fully saturated rings. The van der Waals surface area contributed by atoms with Gasteiger partial charge in [0, 0.05) is 12.2 Å². The Hall–Kier alpha value is -2.37. The Kier molecular flexibility index (Phi) is 6.39. The highest BCUT2D eigenvalue weighted by atomic mass is 16.5. The van der Waals surface area contributed by atoms with Gasteiger partial charge in [0.25, 0.3) is 0 Å². The topological polar surface area (TPSA) is 84.5 Å². The number of hydrogen-bond acceptors (Lipinski definition) is 4. The quantitative estimate of drug-likeness (QED) is 0.611. The number of rotatable bonds is 6. The van der Waals surface area contributed by atoms with E-state index in [2.05, 4.69) is 15.4 Å². The molecule has 0 aliphatic rings. The lowest BCUT2D eigenvalue weighted by Gasteiger charge is -2.09. The third-order valence-corrected chi connectivity index (χ3v) is 2.86. The van der Waals surface area contributed by atoms with E-state index in [-0.39, 0.29) is 19.4 Å². The minimum atomic E-state index is -0.429. The van der Waals surface area contributed by atoms with E-state index < -0.39 is 17.8 Å². The maximum Gasteiger partial charge on any atom is 0.307 e. The molecule has 0 saturated carbocycles. The molecule has 0 heterocycles. The van der Waals surface area contributed by atoms with Crippen molar-refractivity contribution < 1.29 is 19.1 Å². The van der Waals surface area contributed by atoms with Crippen LogP contribution in [0.4, 0.5) is 5.69 Å². The molecule has 114 valence electrons. The SMILES string of the molecule is COC(=O)CCNC(=O)CC(=O)Nc1ccc(C)cc1C. The molecule has 0 spiro atoms. The van der Waals surface area contributed by atoms with Crippen molar-refractivity contribution in [2.45, 2.75) is 26.7 Å². The maximum atomic E-state index is 11.7. The van der Waals surface area contributed by atoms with Crippen molar-refractivity contribution in [1.82, 2.24) is 5.32 Å². The van der Waals surface area contributed by atoms with Crippen LogP contribution in [0.2, 0.25) is 0 Å². The molecule has 1 aromatic rings. The van der Waals surface area contributed by atoms with Gasteiger partial charge in [-0.05, 0) is 25.5 Å². The van der Waals surface area contributed by atoms with Crippen LogP contribution in [0.5, 0.6) is 0 Å². The van der Waals surface area contributed by atoms with Gasteiger partial charge in [-0.2, -0.15) is 0 Å². The fourth-order valence-electron chi connectivity index (χ4n) is 1.76. The van der Waals surface area contributed by atoms with Crippen molar-refractivity contribution in [3.8, 4) is 0 Å². The standard InChI is InChI=1S/C15H20N2O4/c1-10-4-5-12(11(2)8-10)17-14(19)9-13(18)16-7-6-15(20)21-3/h4-5,8H,6-7,9H2,1-3H3,(H,16,18)(H,17,19). The van der Waals surface area contributed by atoms with Crippen molar-refractivity contribution in [2.24, 2.45) is 0 Å². The lowest BCUT2D eigenvalue weighted by Crippen LogP contribution is -2.30. The second-order valence-corrected chi connectivity index (χ2v) is 4.72. The molecule has 0 bridgehead atoms. The van der Waals surface area contributed by atoms with E-state index in [4.69, 9.17) is 0 Å². The summed E-state index contributed by atoms with van der Waals surface area (Å²) in [6.07, 6.45) is -0.199. The van der Waals surface area contributed by atoms with Crippen molar-refractivity contribution in [3.05, 3.63) is 29.3 Å². The summed E-state index contributed by atoms with van der Waals surface area (Å²) >= 11 is 0. The summed E-state index contributed by atoms with van der Waals surface area (Å²) in [7, 11) is 1.28. The maximum absolute atomic E-state index is 11.7. The Balaban J connectivity index is 2.39. The number of anilines is 1. The smallest absolute Gasteiger partial charge is 0.307 e. The lowest BCUT2D eigenvalue weighted by atomic mass is 10.1. The van der Waals surface area contributed by atoms with Crippen LogP contribution in [-0.4, -0.2) is 31.4 Å². The Morgan fingerprint density at radius 3 is 2.48 bits per heavy atom. The third-order valence-electron chi connectivity index (χ3n) is 2.86. The number of carbonyl (C=O) groups is 3. The molecule has 2 amide bonds. The van der Waals surface area contributed by atoms with Gasteiger partial charge in [0.1, 0.15) is 6.42 Å². The molecule has 0 atom stereocenters. The van der Waals surface area contributed by atoms with E-state index in [0.29, 0.717) is 5.69 Å². The van der Waals surface area contributed by atoms with Crippen LogP contribution in [0.3, 0.4) is 0 Å². The van der Waals surface area contributed by atoms with Crippen LogP contribution in [0, 0.1) is 13.8 Å². The van der Waals surface area contributed by atoms with Gasteiger partial charge in [-0.25, -0.2) is 0 Å². The summed E-state index contributed by atoms with van der Waals surface area (Å²) in [6.45, 7) is 4.01. The second-order valence-electron chi connectivity index (χ2n) is 4.72. The zero-order valence-electron chi connectivity index (χ0n) is 12.5. The van der Waals surface area contributed by atoms with E-state index in [1.807, 2.05) is 26.0 Å². The Morgan fingerprint density at radius 1 is 1.14 bits per heavy atom. The summed E-state index contributed by atoms with van der Waals surface area (Å²) in [4.78, 5) is 34.1. The fraction of sp³-hybridized carbons (Fsp3) is 0.400. The molecule has 6 heteroatoms. The van der Waals surface area contributed by atoms with E-state index in [1.165, 1.54) is 7.11 Å². The predicted octanol–water partition coefficient (Wildman–Crippen LogP) is 1.31. The zero-order chi connectivity index (χ0) is 15.8. The minimum Gasteiger partial charge on any atom is -0.469 e. The minimum absolute atomic E-state index is 0.0843. The molecule has 1 aromatic carbocycles. The number of esters is 1. The molecule has 0 radical (unpaired) electrons. The van der Waals surface area contributed by atoms with E-state index >= 15 is 0 Å². The average Bonchev–Trinajstić information content (AvgIpc) is 2.41. The number of methoxy groups -OCH3 is 1. The van der Waals surface area contributed by atoms with Gasteiger partial charge in [-0.1, -0.05) is 17.7 Å². The zero-order valence-corrected chi connectivity index (χ0v) is 12.5. The number of hydrogen-bond donors (Lipinski definition) is 2. The molecule has 21 heavy (non-hydrogen) atoms.